The topological polar surface area (TPSA) is 69.7 Å². The Hall–Kier alpha value is -0.500. The first-order valence-corrected chi connectivity index (χ1v) is 12.0. The molecule has 30 heavy (non-hydrogen) atoms. The number of hydrogen-bond acceptors (Lipinski definition) is 6. The van der Waals surface area contributed by atoms with E-state index < -0.39 is 11.4 Å². The van der Waals surface area contributed by atoms with Crippen molar-refractivity contribution in [2.45, 2.75) is 93.6 Å². The van der Waals surface area contributed by atoms with Crippen LogP contribution in [-0.2, 0) is 23.7 Å². The van der Waals surface area contributed by atoms with Crippen molar-refractivity contribution in [3.05, 3.63) is 11.6 Å². The molecule has 3 saturated carbocycles. The van der Waals surface area contributed by atoms with E-state index in [4.69, 9.17) is 23.7 Å². The Bertz CT molecular complexity index is 814. The molecule has 4 saturated heterocycles. The Morgan fingerprint density at radius 1 is 1.03 bits per heavy atom. The molecule has 9 atom stereocenters. The summed E-state index contributed by atoms with van der Waals surface area (Å²) in [5.74, 6) is 0.238. The van der Waals surface area contributed by atoms with Crippen molar-refractivity contribution in [2.75, 3.05) is 26.4 Å². The van der Waals surface area contributed by atoms with Gasteiger partial charge in [0.15, 0.2) is 5.79 Å². The van der Waals surface area contributed by atoms with Gasteiger partial charge in [0.05, 0.1) is 38.1 Å². The zero-order chi connectivity index (χ0) is 20.4. The summed E-state index contributed by atoms with van der Waals surface area (Å²) < 4.78 is 31.9. The standard InChI is InChI=1S/C24H34O6/c1-15-22(25)8-5-17-16-3-7-21-14-24(28-11-9-26-15)19(27-10-12-29-24)13-23(21,30-21)18(16)4-6-20(17,22)2/h4,15-17,19,25H,3,5-14H2,1-2H3/t15?,16-,17+,19?,20-,21-,22+,23+,24?/m0/s1. The van der Waals surface area contributed by atoms with Gasteiger partial charge in [-0.1, -0.05) is 13.0 Å². The molecule has 166 valence electrons. The van der Waals surface area contributed by atoms with Crippen LogP contribution in [0.15, 0.2) is 11.6 Å². The van der Waals surface area contributed by atoms with Crippen molar-refractivity contribution >= 4 is 0 Å². The minimum absolute atomic E-state index is 0.101. The average Bonchev–Trinajstić information content (AvgIpc) is 3.32. The molecule has 10 aliphatic rings. The van der Waals surface area contributed by atoms with Gasteiger partial charge in [0.2, 0.25) is 0 Å². The predicted octanol–water partition coefficient (Wildman–Crippen LogP) is 2.72. The second-order valence-corrected chi connectivity index (χ2v) is 11.2. The van der Waals surface area contributed by atoms with E-state index in [1.165, 1.54) is 5.57 Å². The fourth-order valence-corrected chi connectivity index (χ4v) is 8.76. The van der Waals surface area contributed by atoms with Gasteiger partial charge in [-0.2, -0.15) is 0 Å². The molecule has 3 unspecified atom stereocenters. The van der Waals surface area contributed by atoms with Crippen molar-refractivity contribution in [3.8, 4) is 0 Å². The quantitative estimate of drug-likeness (QED) is 0.482. The van der Waals surface area contributed by atoms with Gasteiger partial charge in [-0.15, -0.1) is 0 Å². The highest BCUT2D eigenvalue weighted by Gasteiger charge is 2.82. The van der Waals surface area contributed by atoms with Crippen LogP contribution in [0.1, 0.15) is 58.8 Å². The molecule has 0 aromatic carbocycles. The molecule has 0 aromatic rings. The van der Waals surface area contributed by atoms with Gasteiger partial charge < -0.3 is 28.8 Å². The molecule has 8 bridgehead atoms. The maximum absolute atomic E-state index is 11.9. The summed E-state index contributed by atoms with van der Waals surface area (Å²) in [5.41, 5.74) is 0.162. The third kappa shape index (κ3) is 1.99. The van der Waals surface area contributed by atoms with Gasteiger partial charge in [0.25, 0.3) is 0 Å². The number of hydrogen-bond donors (Lipinski definition) is 1. The van der Waals surface area contributed by atoms with Crippen LogP contribution in [0.25, 0.3) is 0 Å². The fourth-order valence-electron chi connectivity index (χ4n) is 8.76. The van der Waals surface area contributed by atoms with Crippen LogP contribution in [-0.4, -0.2) is 66.3 Å². The van der Waals surface area contributed by atoms with E-state index in [0.717, 1.165) is 44.9 Å². The van der Waals surface area contributed by atoms with Gasteiger partial charge in [-0.05, 0) is 56.4 Å². The van der Waals surface area contributed by atoms with E-state index in [9.17, 15) is 5.11 Å². The minimum atomic E-state index is -0.801. The van der Waals surface area contributed by atoms with Gasteiger partial charge in [0.1, 0.15) is 17.3 Å². The first kappa shape index (κ1) is 19.0. The van der Waals surface area contributed by atoms with E-state index in [0.29, 0.717) is 38.3 Å². The van der Waals surface area contributed by atoms with E-state index in [2.05, 4.69) is 13.0 Å². The number of epoxide rings is 1. The molecule has 3 spiro atoms. The summed E-state index contributed by atoms with van der Waals surface area (Å²) in [5, 5.41) is 11.9. The lowest BCUT2D eigenvalue weighted by molar-refractivity contribution is -0.342. The summed E-state index contributed by atoms with van der Waals surface area (Å²) >= 11 is 0. The molecule has 0 radical (unpaired) electrons. The van der Waals surface area contributed by atoms with E-state index >= 15 is 0 Å². The Kier molecular flexibility index (Phi) is 3.61. The third-order valence-corrected chi connectivity index (χ3v) is 10.4. The number of fused-ring (bicyclic) bond motifs is 1. The van der Waals surface area contributed by atoms with Crippen LogP contribution in [0.3, 0.4) is 0 Å². The molecule has 0 amide bonds. The van der Waals surface area contributed by atoms with Crippen molar-refractivity contribution in [2.24, 2.45) is 17.3 Å². The zero-order valence-electron chi connectivity index (χ0n) is 18.2. The monoisotopic (exact) mass is 418 g/mol. The summed E-state index contributed by atoms with van der Waals surface area (Å²) in [6.45, 7) is 6.41. The predicted molar refractivity (Wildman–Crippen MR) is 107 cm³/mol. The van der Waals surface area contributed by atoms with Crippen molar-refractivity contribution in [1.29, 1.82) is 0 Å². The van der Waals surface area contributed by atoms with Crippen LogP contribution in [0, 0.1) is 17.3 Å². The smallest absolute Gasteiger partial charge is 0.197 e. The molecule has 7 fully saturated rings. The van der Waals surface area contributed by atoms with Crippen LogP contribution in [0.5, 0.6) is 0 Å². The maximum atomic E-state index is 11.9. The zero-order valence-corrected chi connectivity index (χ0v) is 18.2. The van der Waals surface area contributed by atoms with E-state index in [-0.39, 0.29) is 28.8 Å². The molecule has 0 aromatic heterocycles. The highest BCUT2D eigenvalue weighted by atomic mass is 16.7. The Balaban J connectivity index is 1.37. The molecule has 4 aliphatic carbocycles. The Labute approximate surface area is 178 Å². The minimum Gasteiger partial charge on any atom is -0.387 e. The van der Waals surface area contributed by atoms with Gasteiger partial charge in [-0.3, -0.25) is 0 Å². The summed E-state index contributed by atoms with van der Waals surface area (Å²) in [7, 11) is 0. The molecule has 6 heteroatoms. The van der Waals surface area contributed by atoms with Crippen LogP contribution >= 0.6 is 0 Å². The lowest BCUT2D eigenvalue weighted by Gasteiger charge is -2.55. The molecule has 10 rings (SSSR count). The van der Waals surface area contributed by atoms with Gasteiger partial charge in [-0.25, -0.2) is 0 Å². The molecule has 6 aliphatic heterocycles. The number of rotatable bonds is 0. The normalized spacial score (nSPS) is 61.2. The molecule has 1 N–H and O–H groups in total. The maximum Gasteiger partial charge on any atom is 0.197 e. The third-order valence-electron chi connectivity index (χ3n) is 10.4. The SMILES string of the molecule is CC1OCCOC23C[C@@]45CC[C@@H]6C(=CC[C@@]7(C)[C@@H]6CC[C@@]17O)[C@@]4(CC2OCCO3)O5. The van der Waals surface area contributed by atoms with Crippen molar-refractivity contribution in [3.63, 3.8) is 0 Å². The highest BCUT2D eigenvalue weighted by molar-refractivity contribution is 5.44. The molecule has 6 heterocycles. The van der Waals surface area contributed by atoms with Gasteiger partial charge in [0, 0.05) is 18.3 Å². The first-order valence-electron chi connectivity index (χ1n) is 12.0. The van der Waals surface area contributed by atoms with E-state index in [1.54, 1.807) is 0 Å². The van der Waals surface area contributed by atoms with E-state index in [1.807, 2.05) is 6.92 Å². The number of aliphatic hydroxyl groups is 1. The second kappa shape index (κ2) is 5.70. The highest BCUT2D eigenvalue weighted by Crippen LogP contribution is 2.74. The number of ether oxygens (including phenoxy) is 5. The average molecular weight is 419 g/mol. The Morgan fingerprint density at radius 3 is 2.67 bits per heavy atom. The summed E-state index contributed by atoms with van der Waals surface area (Å²) in [6.07, 6.45) is 8.63. The van der Waals surface area contributed by atoms with Crippen molar-refractivity contribution < 1.29 is 28.8 Å². The van der Waals surface area contributed by atoms with Gasteiger partial charge >= 0.3 is 0 Å². The molecular formula is C24H34O6. The lowest BCUT2D eigenvalue weighted by atomic mass is 9.52. The largest absolute Gasteiger partial charge is 0.387 e. The summed E-state index contributed by atoms with van der Waals surface area (Å²) in [6, 6.07) is 0. The molecular weight excluding hydrogens is 384 g/mol. The first-order chi connectivity index (χ1) is 14.4. The van der Waals surface area contributed by atoms with Crippen LogP contribution in [0.2, 0.25) is 0 Å². The van der Waals surface area contributed by atoms with Crippen LogP contribution < -0.4 is 0 Å². The lowest BCUT2D eigenvalue weighted by Crippen LogP contribution is -2.63. The summed E-state index contributed by atoms with van der Waals surface area (Å²) in [4.78, 5) is 0. The number of allylic oxidation sites excluding steroid dienone is 1. The second-order valence-electron chi connectivity index (χ2n) is 11.2. The molecule has 6 nitrogen and oxygen atoms in total. The van der Waals surface area contributed by atoms with Crippen LogP contribution in [0.4, 0.5) is 0 Å². The van der Waals surface area contributed by atoms with Crippen molar-refractivity contribution in [1.82, 2.24) is 0 Å². The fraction of sp³-hybridized carbons (Fsp3) is 0.917. The Morgan fingerprint density at radius 2 is 1.83 bits per heavy atom.